The van der Waals surface area contributed by atoms with Gasteiger partial charge >= 0.3 is 11.9 Å². The summed E-state index contributed by atoms with van der Waals surface area (Å²) in [6, 6.07) is 6.96. The number of allylic oxidation sites excluding steroid dienone is 2. The largest absolute Gasteiger partial charge is 0.494 e. The Bertz CT molecular complexity index is 688. The number of carboxylic acid groups (broad SMARTS) is 2. The number of unbranched alkanes of at least 4 members (excludes halogenated alkanes) is 12. The van der Waals surface area contributed by atoms with E-state index in [9.17, 15) is 9.59 Å². The lowest BCUT2D eigenvalue weighted by Crippen LogP contribution is -2.34. The predicted octanol–water partition coefficient (Wildman–Crippen LogP) is 7.08. The van der Waals surface area contributed by atoms with Gasteiger partial charge in [0.25, 0.3) is 0 Å². The fraction of sp³-hybridized carbons (Fsp3) is 0.643. The van der Waals surface area contributed by atoms with Crippen LogP contribution in [-0.2, 0) is 9.59 Å². The predicted molar refractivity (Wildman–Crippen MR) is 139 cm³/mol. The molecule has 0 aliphatic heterocycles. The molecule has 0 aliphatic rings. The van der Waals surface area contributed by atoms with E-state index in [-0.39, 0.29) is 13.1 Å². The van der Waals surface area contributed by atoms with Crippen LogP contribution in [0.2, 0.25) is 0 Å². The van der Waals surface area contributed by atoms with Gasteiger partial charge in [0.05, 0.1) is 6.61 Å². The molecule has 0 saturated heterocycles. The highest BCUT2D eigenvalue weighted by Crippen LogP contribution is 2.21. The van der Waals surface area contributed by atoms with Gasteiger partial charge in [-0.05, 0) is 44.2 Å². The molecule has 6 nitrogen and oxygen atoms in total. The van der Waals surface area contributed by atoms with E-state index in [0.29, 0.717) is 18.0 Å². The number of aliphatic carboxylic acids is 2. The lowest BCUT2D eigenvalue weighted by atomic mass is 10.1. The zero-order chi connectivity index (χ0) is 24.9. The van der Waals surface area contributed by atoms with E-state index in [4.69, 9.17) is 14.9 Å². The van der Waals surface area contributed by atoms with Gasteiger partial charge in [-0.25, -0.2) is 0 Å². The highest BCUT2D eigenvalue weighted by molar-refractivity contribution is 5.79. The molecule has 0 aliphatic carbocycles. The first-order chi connectivity index (χ1) is 16.5. The lowest BCUT2D eigenvalue weighted by Gasteiger charge is -2.21. The second kappa shape index (κ2) is 19.9. The zero-order valence-electron chi connectivity index (χ0n) is 21.1. The van der Waals surface area contributed by atoms with Gasteiger partial charge in [0, 0.05) is 11.8 Å². The van der Waals surface area contributed by atoms with Crippen LogP contribution in [0.3, 0.4) is 0 Å². The summed E-state index contributed by atoms with van der Waals surface area (Å²) in [4.78, 5) is 23.4. The van der Waals surface area contributed by atoms with Crippen LogP contribution in [0.25, 0.3) is 0 Å². The van der Waals surface area contributed by atoms with Gasteiger partial charge < -0.3 is 19.8 Å². The van der Waals surface area contributed by atoms with Crippen molar-refractivity contribution < 1.29 is 24.5 Å². The number of hydrogen-bond acceptors (Lipinski definition) is 4. The molecule has 0 unspecified atom stereocenters. The zero-order valence-corrected chi connectivity index (χ0v) is 21.1. The van der Waals surface area contributed by atoms with Crippen LogP contribution in [0, 0.1) is 0 Å². The second-order valence-electron chi connectivity index (χ2n) is 8.93. The molecule has 1 aromatic carbocycles. The maximum absolute atomic E-state index is 11.0. The van der Waals surface area contributed by atoms with Crippen LogP contribution in [0.5, 0.6) is 5.75 Å². The second-order valence-corrected chi connectivity index (χ2v) is 8.93. The average molecular weight is 476 g/mol. The van der Waals surface area contributed by atoms with Crippen LogP contribution < -0.4 is 9.64 Å². The Balaban J connectivity index is 2.08. The molecular formula is C28H45NO5. The van der Waals surface area contributed by atoms with Gasteiger partial charge in [-0.1, -0.05) is 82.9 Å². The number of benzene rings is 1. The molecule has 0 radical (unpaired) electrons. The first-order valence-corrected chi connectivity index (χ1v) is 13.1. The van der Waals surface area contributed by atoms with E-state index in [1.165, 1.54) is 81.9 Å². The Morgan fingerprint density at radius 3 is 1.88 bits per heavy atom. The summed E-state index contributed by atoms with van der Waals surface area (Å²) < 4.78 is 5.80. The van der Waals surface area contributed by atoms with Crippen LogP contribution in [0.15, 0.2) is 36.4 Å². The van der Waals surface area contributed by atoms with E-state index in [1.54, 1.807) is 18.2 Å². The number of carboxylic acids is 2. The third-order valence-electron chi connectivity index (χ3n) is 5.76. The Labute approximate surface area is 206 Å². The summed E-state index contributed by atoms with van der Waals surface area (Å²) in [6.07, 6.45) is 22.4. The Morgan fingerprint density at radius 2 is 1.32 bits per heavy atom. The third kappa shape index (κ3) is 16.2. The molecule has 0 amide bonds. The highest BCUT2D eigenvalue weighted by atomic mass is 16.5. The van der Waals surface area contributed by atoms with Gasteiger partial charge in [0.15, 0.2) is 0 Å². The summed E-state index contributed by atoms with van der Waals surface area (Å²) >= 11 is 0. The molecule has 0 heterocycles. The van der Waals surface area contributed by atoms with Crippen molar-refractivity contribution in [3.8, 4) is 5.75 Å². The van der Waals surface area contributed by atoms with Gasteiger partial charge in [-0.3, -0.25) is 9.59 Å². The summed E-state index contributed by atoms with van der Waals surface area (Å²) in [5.41, 5.74) is 0.531. The minimum Gasteiger partial charge on any atom is -0.494 e. The molecule has 1 rings (SSSR count). The van der Waals surface area contributed by atoms with Crippen molar-refractivity contribution in [3.05, 3.63) is 36.4 Å². The highest BCUT2D eigenvalue weighted by Gasteiger charge is 2.14. The summed E-state index contributed by atoms with van der Waals surface area (Å²) in [7, 11) is 0. The van der Waals surface area contributed by atoms with Crippen LogP contribution in [-0.4, -0.2) is 41.8 Å². The number of hydrogen-bond donors (Lipinski definition) is 2. The topological polar surface area (TPSA) is 87.1 Å². The maximum Gasteiger partial charge on any atom is 0.323 e. The minimum absolute atomic E-state index is 0.370. The van der Waals surface area contributed by atoms with E-state index < -0.39 is 11.9 Å². The van der Waals surface area contributed by atoms with E-state index in [0.717, 1.165) is 12.8 Å². The molecule has 0 aromatic heterocycles. The van der Waals surface area contributed by atoms with E-state index in [1.807, 2.05) is 6.07 Å². The van der Waals surface area contributed by atoms with Crippen molar-refractivity contribution in [1.82, 2.24) is 0 Å². The first-order valence-electron chi connectivity index (χ1n) is 13.1. The molecule has 0 spiro atoms. The molecule has 2 N–H and O–H groups in total. The lowest BCUT2D eigenvalue weighted by molar-refractivity contribution is -0.136. The standard InChI is InChI=1S/C28H45NO5/c1-2-3-4-5-6-7-8-9-10-11-12-13-14-15-16-17-21-34-26-20-18-19-25(22-26)29(23-27(30)31)24-28(32)33/h9-10,18-20,22H,2-8,11-17,21,23-24H2,1H3,(H,30,31)(H,32,33)/b10-9-. The quantitative estimate of drug-likeness (QED) is 0.138. The summed E-state index contributed by atoms with van der Waals surface area (Å²) in [5.74, 6) is -1.51. The van der Waals surface area contributed by atoms with Crippen molar-refractivity contribution in [2.75, 3.05) is 24.6 Å². The molecule has 0 saturated carbocycles. The molecule has 0 bridgehead atoms. The smallest absolute Gasteiger partial charge is 0.323 e. The fourth-order valence-corrected chi connectivity index (χ4v) is 3.87. The molecule has 0 fully saturated rings. The van der Waals surface area contributed by atoms with Crippen molar-refractivity contribution in [2.45, 2.75) is 96.8 Å². The Hall–Kier alpha value is -2.50. The number of carbonyl (C=O) groups is 2. The van der Waals surface area contributed by atoms with Crippen LogP contribution in [0.4, 0.5) is 5.69 Å². The molecule has 34 heavy (non-hydrogen) atoms. The minimum atomic E-state index is -1.07. The maximum atomic E-state index is 11.0. The molecule has 6 heteroatoms. The van der Waals surface area contributed by atoms with Crippen LogP contribution >= 0.6 is 0 Å². The number of anilines is 1. The number of rotatable bonds is 22. The Morgan fingerprint density at radius 1 is 0.794 bits per heavy atom. The number of nitrogens with zero attached hydrogens (tertiary/aromatic N) is 1. The summed E-state index contributed by atoms with van der Waals surface area (Å²) in [6.45, 7) is 2.12. The number of ether oxygens (including phenoxy) is 1. The third-order valence-corrected chi connectivity index (χ3v) is 5.76. The van der Waals surface area contributed by atoms with Gasteiger partial charge in [-0.2, -0.15) is 0 Å². The molecule has 192 valence electrons. The van der Waals surface area contributed by atoms with Crippen LogP contribution in [0.1, 0.15) is 96.8 Å². The SMILES string of the molecule is CCCCCCCC/C=C\CCCCCCCCOc1cccc(N(CC(=O)O)CC(=O)O)c1. The first kappa shape index (κ1) is 29.5. The molecule has 0 atom stereocenters. The van der Waals surface area contributed by atoms with E-state index in [2.05, 4.69) is 19.1 Å². The van der Waals surface area contributed by atoms with Gasteiger partial charge in [0.2, 0.25) is 0 Å². The monoisotopic (exact) mass is 475 g/mol. The molecule has 1 aromatic rings. The normalized spacial score (nSPS) is 11.1. The van der Waals surface area contributed by atoms with Crippen molar-refractivity contribution >= 4 is 17.6 Å². The fourth-order valence-electron chi connectivity index (χ4n) is 3.87. The van der Waals surface area contributed by atoms with Gasteiger partial charge in [0.1, 0.15) is 18.8 Å². The Kier molecular flexibility index (Phi) is 17.3. The average Bonchev–Trinajstić information content (AvgIpc) is 2.80. The van der Waals surface area contributed by atoms with E-state index >= 15 is 0 Å². The van der Waals surface area contributed by atoms with Crippen molar-refractivity contribution in [2.24, 2.45) is 0 Å². The van der Waals surface area contributed by atoms with Gasteiger partial charge in [-0.15, -0.1) is 0 Å². The van der Waals surface area contributed by atoms with Crippen molar-refractivity contribution in [1.29, 1.82) is 0 Å². The molecular weight excluding hydrogens is 430 g/mol. The summed E-state index contributed by atoms with van der Waals surface area (Å²) in [5, 5.41) is 18.0. The van der Waals surface area contributed by atoms with Crippen molar-refractivity contribution in [3.63, 3.8) is 0 Å².